The summed E-state index contributed by atoms with van der Waals surface area (Å²) >= 11 is 1.88. The zero-order chi connectivity index (χ0) is 54.2. The van der Waals surface area contributed by atoms with Crippen molar-refractivity contribution >= 4 is 149 Å². The van der Waals surface area contributed by atoms with Crippen molar-refractivity contribution < 1.29 is 0 Å². The van der Waals surface area contributed by atoms with Crippen molar-refractivity contribution in [2.75, 3.05) is 14.7 Å². The van der Waals surface area contributed by atoms with Gasteiger partial charge in [0.05, 0.1) is 50.5 Å². The van der Waals surface area contributed by atoms with E-state index in [0.717, 1.165) is 28.4 Å². The maximum Gasteiger partial charge on any atom is 0.252 e. The molecular formula is C74H56BN5S. The van der Waals surface area contributed by atoms with Crippen LogP contribution in [0.3, 0.4) is 0 Å². The Kier molecular flexibility index (Phi) is 9.57. The van der Waals surface area contributed by atoms with Crippen LogP contribution in [0.5, 0.6) is 0 Å². The Morgan fingerprint density at radius 2 is 0.938 bits per heavy atom. The third kappa shape index (κ3) is 6.55. The largest absolute Gasteiger partial charge is 0.311 e. The number of hydrogen-bond acceptors (Lipinski definition) is 4. The molecule has 5 nitrogen and oxygen atoms in total. The molecule has 17 rings (SSSR count). The van der Waals surface area contributed by atoms with E-state index in [4.69, 9.17) is 0 Å². The minimum Gasteiger partial charge on any atom is -0.311 e. The number of hydrogen-bond donors (Lipinski definition) is 0. The highest BCUT2D eigenvalue weighted by Crippen LogP contribution is 2.55. The number of rotatable bonds is 5. The summed E-state index contributed by atoms with van der Waals surface area (Å²) < 4.78 is 7.64. The summed E-state index contributed by atoms with van der Waals surface area (Å²) in [4.78, 5) is 7.75. The fourth-order valence-electron chi connectivity index (χ4n) is 14.2. The average Bonchev–Trinajstić information content (AvgIpc) is 2.59. The second-order valence-electron chi connectivity index (χ2n) is 24.5. The van der Waals surface area contributed by atoms with Crippen LogP contribution >= 0.6 is 11.3 Å². The molecule has 3 aromatic heterocycles. The molecule has 0 saturated heterocycles. The molecule has 3 aliphatic heterocycles. The fourth-order valence-corrected chi connectivity index (χ4v) is 15.3. The molecule has 3 aliphatic rings. The Bertz CT molecular complexity index is 4880. The number of aromatic nitrogens is 2. The van der Waals surface area contributed by atoms with Crippen LogP contribution < -0.4 is 31.1 Å². The third-order valence-electron chi connectivity index (χ3n) is 17.9. The van der Waals surface area contributed by atoms with E-state index in [-0.39, 0.29) is 17.5 Å². The van der Waals surface area contributed by atoms with Gasteiger partial charge in [0.15, 0.2) is 0 Å². The monoisotopic (exact) mass is 1060 g/mol. The number of nitrogens with zero attached hydrogens (tertiary/aromatic N) is 5. The van der Waals surface area contributed by atoms with E-state index in [0.29, 0.717) is 0 Å². The first-order chi connectivity index (χ1) is 39.5. The van der Waals surface area contributed by atoms with Gasteiger partial charge in [0.25, 0.3) is 6.71 Å². The summed E-state index contributed by atoms with van der Waals surface area (Å²) in [6.07, 6.45) is 0. The van der Waals surface area contributed by atoms with Gasteiger partial charge in [-0.3, -0.25) is 0 Å². The van der Waals surface area contributed by atoms with Crippen LogP contribution in [-0.2, 0) is 10.8 Å². The first-order valence-electron chi connectivity index (χ1n) is 28.5. The number of thiophene rings is 1. The summed E-state index contributed by atoms with van der Waals surface area (Å²) in [6.45, 7) is 13.8. The van der Waals surface area contributed by atoms with Crippen LogP contribution in [0, 0.1) is 0 Å². The van der Waals surface area contributed by atoms with Crippen molar-refractivity contribution in [3.05, 3.63) is 242 Å². The Labute approximate surface area is 475 Å². The van der Waals surface area contributed by atoms with Gasteiger partial charge in [-0.2, -0.15) is 0 Å². The molecule has 0 N–H and O–H groups in total. The number of para-hydroxylation sites is 5. The maximum atomic E-state index is 2.66. The highest BCUT2D eigenvalue weighted by Gasteiger charge is 2.47. The molecule has 0 spiro atoms. The van der Waals surface area contributed by atoms with Crippen LogP contribution in [-0.4, -0.2) is 15.8 Å². The molecule has 81 heavy (non-hydrogen) atoms. The van der Waals surface area contributed by atoms with Crippen LogP contribution in [0.4, 0.5) is 51.2 Å². The van der Waals surface area contributed by atoms with Gasteiger partial charge in [-0.15, -0.1) is 11.3 Å². The lowest BCUT2D eigenvalue weighted by Gasteiger charge is -2.47. The van der Waals surface area contributed by atoms with Crippen LogP contribution in [0.2, 0.25) is 0 Å². The van der Waals surface area contributed by atoms with Crippen molar-refractivity contribution in [1.82, 2.24) is 9.13 Å². The Morgan fingerprint density at radius 1 is 0.370 bits per heavy atom. The molecule has 6 heterocycles. The Hall–Kier alpha value is -9.30. The maximum absolute atomic E-state index is 2.66. The zero-order valence-corrected chi connectivity index (χ0v) is 47.0. The molecule has 0 saturated carbocycles. The molecule has 0 radical (unpaired) electrons. The lowest BCUT2D eigenvalue weighted by Crippen LogP contribution is -2.61. The quantitative estimate of drug-likeness (QED) is 0.160. The molecule has 7 heteroatoms. The SMILES string of the molecule is CC(C)(C)c1ccc2c(c1)c1cc(C(C)(C)C)ccc1n2-c1ccc2c(c1)N(c1cccc3sc4ccccc4c13)c1cc(N(c3ccccc3)c3ccccc3)cc3c1B2c1cccc2c1N3c1cccc3c4ccccc4n-2c13. The van der Waals surface area contributed by atoms with Crippen LogP contribution in [0.1, 0.15) is 52.7 Å². The Balaban J connectivity index is 1.03. The molecule has 0 aliphatic carbocycles. The highest BCUT2D eigenvalue weighted by molar-refractivity contribution is 7.26. The molecule has 0 amide bonds. The van der Waals surface area contributed by atoms with Gasteiger partial charge in [0.2, 0.25) is 0 Å². The van der Waals surface area contributed by atoms with Gasteiger partial charge in [-0.05, 0) is 148 Å². The van der Waals surface area contributed by atoms with Crippen molar-refractivity contribution in [3.8, 4) is 11.4 Å². The summed E-state index contributed by atoms with van der Waals surface area (Å²) in [6, 6.07) is 87.6. The van der Waals surface area contributed by atoms with E-state index in [1.807, 2.05) is 11.3 Å². The summed E-state index contributed by atoms with van der Waals surface area (Å²) in [5.74, 6) is 0. The van der Waals surface area contributed by atoms with Gasteiger partial charge in [0.1, 0.15) is 0 Å². The second kappa shape index (κ2) is 16.6. The van der Waals surface area contributed by atoms with E-state index in [1.165, 1.54) is 125 Å². The molecule has 0 atom stereocenters. The minimum atomic E-state index is -0.111. The predicted molar refractivity (Wildman–Crippen MR) is 348 cm³/mol. The molecule has 14 aromatic rings. The molecule has 386 valence electrons. The normalized spacial score (nSPS) is 13.5. The first-order valence-corrected chi connectivity index (χ1v) is 29.3. The smallest absolute Gasteiger partial charge is 0.252 e. The lowest BCUT2D eigenvalue weighted by molar-refractivity contribution is 0.590. The topological polar surface area (TPSA) is 19.6 Å². The molecule has 0 unspecified atom stereocenters. The molecule has 0 fully saturated rings. The van der Waals surface area contributed by atoms with E-state index < -0.39 is 0 Å². The van der Waals surface area contributed by atoms with Gasteiger partial charge in [-0.25, -0.2) is 0 Å². The van der Waals surface area contributed by atoms with Gasteiger partial charge < -0.3 is 23.8 Å². The van der Waals surface area contributed by atoms with Crippen molar-refractivity contribution in [1.29, 1.82) is 0 Å². The highest BCUT2D eigenvalue weighted by atomic mass is 32.1. The standard InChI is InChI=1S/C74H56BN5S/c1-73(2,3)45-34-38-59-54(40-45)55-41-46(74(4,5)6)35-39-60(55)77(59)49-36-37-56-64(42-49)78(61-29-19-33-68-69(61)53-25-14-16-32-67(53)81-68)65-43-50(76(47-20-9-7-10-21-47)48-22-11-8-12-23-48)44-66-70(65)75(56)57-27-18-31-63-72(57)80(66)62-30-17-26-52-51-24-13-15-28-58(51)79(63)71(52)62/h7-44H,1-6H3. The molecule has 0 bridgehead atoms. The molecular weight excluding hydrogens is 1000 g/mol. The van der Waals surface area contributed by atoms with Crippen molar-refractivity contribution in [2.45, 2.75) is 52.4 Å². The number of fused-ring (bicyclic) bond motifs is 15. The molecule has 11 aromatic carbocycles. The van der Waals surface area contributed by atoms with Crippen LogP contribution in [0.15, 0.2) is 231 Å². The van der Waals surface area contributed by atoms with Gasteiger partial charge >= 0.3 is 0 Å². The van der Waals surface area contributed by atoms with Crippen LogP contribution in [0.25, 0.3) is 75.2 Å². The van der Waals surface area contributed by atoms with Crippen molar-refractivity contribution in [3.63, 3.8) is 0 Å². The zero-order valence-electron chi connectivity index (χ0n) is 46.2. The van der Waals surface area contributed by atoms with E-state index in [9.17, 15) is 0 Å². The Morgan fingerprint density at radius 3 is 1.64 bits per heavy atom. The number of anilines is 9. The minimum absolute atomic E-state index is 0.0140. The number of benzene rings is 11. The van der Waals surface area contributed by atoms with E-state index in [2.05, 4.69) is 296 Å². The average molecular weight is 1060 g/mol. The predicted octanol–water partition coefficient (Wildman–Crippen LogP) is 18.7. The second-order valence-corrected chi connectivity index (χ2v) is 25.6. The first kappa shape index (κ1) is 46.6. The third-order valence-corrected chi connectivity index (χ3v) is 19.0. The van der Waals surface area contributed by atoms with Gasteiger partial charge in [0, 0.05) is 75.8 Å². The van der Waals surface area contributed by atoms with E-state index >= 15 is 0 Å². The van der Waals surface area contributed by atoms with Crippen molar-refractivity contribution in [2.24, 2.45) is 0 Å². The summed E-state index contributed by atoms with van der Waals surface area (Å²) in [5.41, 5.74) is 24.1. The van der Waals surface area contributed by atoms with Gasteiger partial charge in [-0.1, -0.05) is 163 Å². The summed E-state index contributed by atoms with van der Waals surface area (Å²) in [7, 11) is 0. The fraction of sp³-hybridized carbons (Fsp3) is 0.108. The lowest BCUT2D eigenvalue weighted by atomic mass is 9.33. The van der Waals surface area contributed by atoms with E-state index in [1.54, 1.807) is 0 Å². The summed E-state index contributed by atoms with van der Waals surface area (Å²) in [5, 5.41) is 7.61.